The average Bonchev–Trinajstić information content (AvgIpc) is 2.15. The molecule has 0 spiro atoms. The summed E-state index contributed by atoms with van der Waals surface area (Å²) < 4.78 is 0. The van der Waals surface area contributed by atoms with Crippen LogP contribution in [-0.2, 0) is 4.79 Å². The summed E-state index contributed by atoms with van der Waals surface area (Å²) in [6, 6.07) is 9.61. The molecule has 2 nitrogen and oxygen atoms in total. The Kier molecular flexibility index (Phi) is 3.44. The van der Waals surface area contributed by atoms with E-state index in [9.17, 15) is 4.79 Å². The topological polar surface area (TPSA) is 20.3 Å². The van der Waals surface area contributed by atoms with E-state index in [0.29, 0.717) is 12.1 Å². The van der Waals surface area contributed by atoms with Crippen molar-refractivity contribution < 1.29 is 4.79 Å². The molecule has 0 radical (unpaired) electrons. The van der Waals surface area contributed by atoms with Crippen LogP contribution in [0, 0.1) is 0 Å². The number of hydrogen-bond acceptors (Lipinski definition) is 2. The van der Waals surface area contributed by atoms with Gasteiger partial charge in [-0.05, 0) is 19.7 Å². The molecule has 0 saturated heterocycles. The van der Waals surface area contributed by atoms with E-state index in [1.807, 2.05) is 55.3 Å². The Morgan fingerprint density at radius 2 is 1.92 bits per heavy atom. The van der Waals surface area contributed by atoms with Crippen molar-refractivity contribution in [2.45, 2.75) is 0 Å². The van der Waals surface area contributed by atoms with Crippen molar-refractivity contribution in [2.75, 3.05) is 20.6 Å². The molecule has 0 aliphatic carbocycles. The van der Waals surface area contributed by atoms with Crippen LogP contribution in [0.1, 0.15) is 5.56 Å². The molecule has 0 aliphatic heterocycles. The van der Waals surface area contributed by atoms with E-state index in [1.54, 1.807) is 0 Å². The third kappa shape index (κ3) is 2.86. The summed E-state index contributed by atoms with van der Waals surface area (Å²) in [6.07, 6.45) is 0. The van der Waals surface area contributed by atoms with Crippen LogP contribution in [0.4, 0.5) is 0 Å². The van der Waals surface area contributed by atoms with Gasteiger partial charge in [-0.2, -0.15) is 0 Å². The molecule has 0 atom stereocenters. The van der Waals surface area contributed by atoms with Gasteiger partial charge in [0.1, 0.15) is 5.94 Å². The highest BCUT2D eigenvalue weighted by molar-refractivity contribution is 5.88. The minimum absolute atomic E-state index is 0.632. The molecule has 0 saturated carbocycles. The fourth-order valence-corrected chi connectivity index (χ4v) is 1.14. The number of carbonyl (C=O) groups excluding carboxylic acids is 1. The molecular formula is C11H13NO. The van der Waals surface area contributed by atoms with E-state index in [4.69, 9.17) is 0 Å². The first-order chi connectivity index (χ1) is 6.24. The van der Waals surface area contributed by atoms with Gasteiger partial charge in [-0.1, -0.05) is 30.3 Å². The van der Waals surface area contributed by atoms with Crippen LogP contribution in [0.15, 0.2) is 30.3 Å². The van der Waals surface area contributed by atoms with Crippen LogP contribution in [0.5, 0.6) is 0 Å². The second kappa shape index (κ2) is 4.61. The van der Waals surface area contributed by atoms with Crippen molar-refractivity contribution in [3.05, 3.63) is 35.9 Å². The predicted octanol–water partition coefficient (Wildman–Crippen LogP) is 1.46. The lowest BCUT2D eigenvalue weighted by Crippen LogP contribution is -2.14. The molecule has 1 aromatic carbocycles. The van der Waals surface area contributed by atoms with Gasteiger partial charge in [0.25, 0.3) is 0 Å². The van der Waals surface area contributed by atoms with Gasteiger partial charge in [0.05, 0.1) is 5.57 Å². The molecule has 0 amide bonds. The normalized spacial score (nSPS) is 9.77. The molecule has 0 unspecified atom stereocenters. The molecule has 0 N–H and O–H groups in total. The van der Waals surface area contributed by atoms with E-state index >= 15 is 0 Å². The van der Waals surface area contributed by atoms with E-state index in [2.05, 4.69) is 0 Å². The highest BCUT2D eigenvalue weighted by atomic mass is 16.1. The Labute approximate surface area is 78.5 Å². The number of hydrogen-bond donors (Lipinski definition) is 0. The second-order valence-electron chi connectivity index (χ2n) is 3.18. The van der Waals surface area contributed by atoms with Gasteiger partial charge in [0, 0.05) is 6.54 Å². The number of nitrogens with zero attached hydrogens (tertiary/aromatic N) is 1. The summed E-state index contributed by atoms with van der Waals surface area (Å²) in [4.78, 5) is 12.6. The minimum atomic E-state index is 0.632. The third-order valence-corrected chi connectivity index (χ3v) is 1.72. The molecule has 0 aromatic heterocycles. The molecule has 1 rings (SSSR count). The van der Waals surface area contributed by atoms with E-state index < -0.39 is 0 Å². The van der Waals surface area contributed by atoms with Crippen LogP contribution in [0.2, 0.25) is 0 Å². The standard InChI is InChI=1S/C11H13NO/c1-12(2)8-11(9-13)10-6-4-3-5-7-10/h3-7H,8H2,1-2H3. The van der Waals surface area contributed by atoms with Crippen LogP contribution in [0.25, 0.3) is 5.57 Å². The van der Waals surface area contributed by atoms with Crippen molar-refractivity contribution in [2.24, 2.45) is 0 Å². The maximum absolute atomic E-state index is 10.7. The largest absolute Gasteiger partial charge is 0.304 e. The van der Waals surface area contributed by atoms with Gasteiger partial charge in [0.2, 0.25) is 0 Å². The number of rotatable bonds is 3. The average molecular weight is 175 g/mol. The summed E-state index contributed by atoms with van der Waals surface area (Å²) >= 11 is 0. The summed E-state index contributed by atoms with van der Waals surface area (Å²) in [5.41, 5.74) is 1.65. The van der Waals surface area contributed by atoms with Gasteiger partial charge in [-0.25, -0.2) is 4.79 Å². The molecule has 0 heterocycles. The van der Waals surface area contributed by atoms with Crippen LogP contribution < -0.4 is 0 Å². The molecule has 1 aromatic rings. The smallest absolute Gasteiger partial charge is 0.129 e. The van der Waals surface area contributed by atoms with Crippen molar-refractivity contribution >= 4 is 11.5 Å². The monoisotopic (exact) mass is 175 g/mol. The lowest BCUT2D eigenvalue weighted by molar-refractivity contribution is 0.462. The van der Waals surface area contributed by atoms with Crippen LogP contribution in [-0.4, -0.2) is 31.5 Å². The number of likely N-dealkylation sites (N-methyl/N-ethyl adjacent to an activating group) is 1. The SMILES string of the molecule is CN(C)CC(=C=O)c1ccccc1. The van der Waals surface area contributed by atoms with Gasteiger partial charge in [0.15, 0.2) is 0 Å². The maximum Gasteiger partial charge on any atom is 0.129 e. The third-order valence-electron chi connectivity index (χ3n) is 1.72. The summed E-state index contributed by atoms with van der Waals surface area (Å²) in [6.45, 7) is 0.632. The number of benzene rings is 1. The van der Waals surface area contributed by atoms with Crippen LogP contribution >= 0.6 is 0 Å². The Morgan fingerprint density at radius 3 is 2.38 bits per heavy atom. The van der Waals surface area contributed by atoms with Gasteiger partial charge in [-0.3, -0.25) is 0 Å². The summed E-state index contributed by atoms with van der Waals surface area (Å²) in [5, 5.41) is 0. The van der Waals surface area contributed by atoms with Gasteiger partial charge < -0.3 is 4.90 Å². The maximum atomic E-state index is 10.7. The predicted molar refractivity (Wildman–Crippen MR) is 54.1 cm³/mol. The first kappa shape index (κ1) is 9.72. The molecule has 13 heavy (non-hydrogen) atoms. The fraction of sp³-hybridized carbons (Fsp3) is 0.273. The molecule has 0 bridgehead atoms. The van der Waals surface area contributed by atoms with Gasteiger partial charge in [-0.15, -0.1) is 0 Å². The zero-order valence-corrected chi connectivity index (χ0v) is 7.95. The second-order valence-corrected chi connectivity index (χ2v) is 3.18. The van der Waals surface area contributed by atoms with E-state index in [1.165, 1.54) is 0 Å². The van der Waals surface area contributed by atoms with Crippen molar-refractivity contribution in [1.82, 2.24) is 4.90 Å². The summed E-state index contributed by atoms with van der Waals surface area (Å²) in [7, 11) is 3.86. The highest BCUT2D eigenvalue weighted by Crippen LogP contribution is 2.10. The highest BCUT2D eigenvalue weighted by Gasteiger charge is 2.02. The molecular weight excluding hydrogens is 162 g/mol. The molecule has 2 heteroatoms. The lowest BCUT2D eigenvalue weighted by Gasteiger charge is -2.09. The Hall–Kier alpha value is -1.37. The molecule has 68 valence electrons. The van der Waals surface area contributed by atoms with Crippen molar-refractivity contribution in [3.63, 3.8) is 0 Å². The van der Waals surface area contributed by atoms with E-state index in [0.717, 1.165) is 5.56 Å². The Bertz CT molecular complexity index is 310. The zero-order valence-electron chi connectivity index (χ0n) is 7.95. The molecule has 0 fully saturated rings. The Morgan fingerprint density at radius 1 is 1.31 bits per heavy atom. The summed E-state index contributed by atoms with van der Waals surface area (Å²) in [5.74, 6) is 1.97. The first-order valence-corrected chi connectivity index (χ1v) is 4.18. The van der Waals surface area contributed by atoms with E-state index in [-0.39, 0.29) is 0 Å². The quantitative estimate of drug-likeness (QED) is 0.648. The Balaban J connectivity index is 2.87. The van der Waals surface area contributed by atoms with Gasteiger partial charge >= 0.3 is 0 Å². The van der Waals surface area contributed by atoms with Crippen molar-refractivity contribution in [3.8, 4) is 0 Å². The van der Waals surface area contributed by atoms with Crippen LogP contribution in [0.3, 0.4) is 0 Å². The minimum Gasteiger partial charge on any atom is -0.304 e. The first-order valence-electron chi connectivity index (χ1n) is 4.18. The zero-order chi connectivity index (χ0) is 9.68. The lowest BCUT2D eigenvalue weighted by atomic mass is 10.1. The fourth-order valence-electron chi connectivity index (χ4n) is 1.14. The molecule has 0 aliphatic rings. The van der Waals surface area contributed by atoms with Crippen molar-refractivity contribution in [1.29, 1.82) is 0 Å².